The number of carbonyl (C=O) groups is 1. The Morgan fingerprint density at radius 3 is 2.20 bits per heavy atom. The van der Waals surface area contributed by atoms with Gasteiger partial charge in [0.25, 0.3) is 0 Å². The lowest BCUT2D eigenvalue weighted by Gasteiger charge is -2.25. The van der Waals surface area contributed by atoms with E-state index in [1.807, 2.05) is 27.7 Å². The average Bonchev–Trinajstić information content (AvgIpc) is 3.12. The summed E-state index contributed by atoms with van der Waals surface area (Å²) in [4.78, 5) is 12.7. The Hall–Kier alpha value is -1.95. The number of nitrogens with zero attached hydrogens (tertiary/aromatic N) is 2. The number of nitriles is 1. The first-order chi connectivity index (χ1) is 13.8. The molecule has 1 aromatic rings. The highest BCUT2D eigenvalue weighted by atomic mass is 32.2. The summed E-state index contributed by atoms with van der Waals surface area (Å²) in [5, 5.41) is 19.5. The Balaban J connectivity index is 2.25. The van der Waals surface area contributed by atoms with Crippen LogP contribution in [0, 0.1) is 17.2 Å². The summed E-state index contributed by atoms with van der Waals surface area (Å²) in [6.07, 6.45) is 0.470. The van der Waals surface area contributed by atoms with E-state index in [2.05, 4.69) is 10.8 Å². The quantitative estimate of drug-likeness (QED) is 0.684. The van der Waals surface area contributed by atoms with Gasteiger partial charge in [-0.2, -0.15) is 18.0 Å². The predicted octanol–water partition coefficient (Wildman–Crippen LogP) is 2.80. The summed E-state index contributed by atoms with van der Waals surface area (Å²) >= 11 is 0. The van der Waals surface area contributed by atoms with E-state index in [0.29, 0.717) is 12.0 Å². The number of hydrogen-bond acceptors (Lipinski definition) is 5. The van der Waals surface area contributed by atoms with Gasteiger partial charge in [-0.05, 0) is 60.9 Å². The largest absolute Gasteiger partial charge is 0.390 e. The molecule has 2 rings (SSSR count). The van der Waals surface area contributed by atoms with Crippen LogP contribution in [-0.4, -0.2) is 42.4 Å². The van der Waals surface area contributed by atoms with E-state index < -0.39 is 21.7 Å². The average molecular weight is 436 g/mol. The number of rotatable bonds is 7. The van der Waals surface area contributed by atoms with Gasteiger partial charge in [-0.1, -0.05) is 27.7 Å². The van der Waals surface area contributed by atoms with Crippen molar-refractivity contribution in [1.29, 1.82) is 5.26 Å². The minimum Gasteiger partial charge on any atom is -0.390 e. The summed E-state index contributed by atoms with van der Waals surface area (Å²) < 4.78 is 28.8. The van der Waals surface area contributed by atoms with Crippen molar-refractivity contribution in [2.45, 2.75) is 71.8 Å². The zero-order valence-electron chi connectivity index (χ0n) is 18.7. The van der Waals surface area contributed by atoms with Crippen molar-refractivity contribution in [1.82, 2.24) is 9.03 Å². The molecule has 1 aliphatic rings. The molecule has 8 heteroatoms. The van der Waals surface area contributed by atoms with E-state index >= 15 is 0 Å². The van der Waals surface area contributed by atoms with Crippen LogP contribution in [0.3, 0.4) is 0 Å². The molecule has 1 amide bonds. The maximum atomic E-state index is 12.7. The lowest BCUT2D eigenvalue weighted by Crippen LogP contribution is -2.44. The minimum absolute atomic E-state index is 0.0747. The molecule has 1 aromatic carbocycles. The van der Waals surface area contributed by atoms with E-state index in [1.165, 1.54) is 4.31 Å². The highest BCUT2D eigenvalue weighted by molar-refractivity contribution is 7.87. The molecule has 1 fully saturated rings. The SMILES string of the molecule is CC(C)c1cc(C#N)cc(C(C)C)c1CC(=O)NS(=O)(=O)N1CCC(C(C)(C)O)C1. The van der Waals surface area contributed by atoms with E-state index in [1.54, 1.807) is 26.0 Å². The molecule has 0 saturated carbocycles. The highest BCUT2D eigenvalue weighted by Crippen LogP contribution is 2.31. The lowest BCUT2D eigenvalue weighted by molar-refractivity contribution is -0.118. The van der Waals surface area contributed by atoms with Crippen LogP contribution in [0.2, 0.25) is 0 Å². The maximum Gasteiger partial charge on any atom is 0.303 e. The molecule has 166 valence electrons. The second kappa shape index (κ2) is 9.04. The second-order valence-electron chi connectivity index (χ2n) is 9.26. The Morgan fingerprint density at radius 1 is 1.27 bits per heavy atom. The number of hydrogen-bond donors (Lipinski definition) is 2. The van der Waals surface area contributed by atoms with E-state index in [4.69, 9.17) is 0 Å². The third-order valence-electron chi connectivity index (χ3n) is 5.76. The van der Waals surface area contributed by atoms with Gasteiger partial charge in [0.15, 0.2) is 0 Å². The standard InChI is InChI=1S/C22H33N3O4S/c1-14(2)18-9-16(12-23)10-19(15(3)4)20(18)11-21(26)24-30(28,29)25-8-7-17(13-25)22(5,6)27/h9-10,14-15,17,27H,7-8,11,13H2,1-6H3,(H,24,26). The van der Waals surface area contributed by atoms with Gasteiger partial charge in [0.1, 0.15) is 0 Å². The minimum atomic E-state index is -3.98. The Morgan fingerprint density at radius 2 is 1.80 bits per heavy atom. The molecule has 0 bridgehead atoms. The van der Waals surface area contributed by atoms with Crippen molar-refractivity contribution in [3.63, 3.8) is 0 Å². The summed E-state index contributed by atoms with van der Waals surface area (Å²) in [5.41, 5.74) is 2.10. The van der Waals surface area contributed by atoms with Crippen LogP contribution in [0.25, 0.3) is 0 Å². The summed E-state index contributed by atoms with van der Waals surface area (Å²) in [5.74, 6) is -0.610. The van der Waals surface area contributed by atoms with Gasteiger partial charge < -0.3 is 5.11 Å². The molecular weight excluding hydrogens is 402 g/mol. The molecule has 7 nitrogen and oxygen atoms in total. The predicted molar refractivity (Wildman–Crippen MR) is 116 cm³/mol. The molecule has 2 N–H and O–H groups in total. The number of nitrogens with one attached hydrogen (secondary N) is 1. The Kier molecular flexibility index (Phi) is 7.33. The van der Waals surface area contributed by atoms with Crippen molar-refractivity contribution in [2.75, 3.05) is 13.1 Å². The van der Waals surface area contributed by atoms with E-state index in [9.17, 15) is 23.6 Å². The molecule has 1 atom stereocenters. The fourth-order valence-electron chi connectivity index (χ4n) is 3.94. The maximum absolute atomic E-state index is 12.7. The van der Waals surface area contributed by atoms with Gasteiger partial charge in [-0.25, -0.2) is 4.72 Å². The van der Waals surface area contributed by atoms with Crippen LogP contribution in [0.4, 0.5) is 0 Å². The third kappa shape index (κ3) is 5.60. The Bertz CT molecular complexity index is 911. The fourth-order valence-corrected chi connectivity index (χ4v) is 5.16. The van der Waals surface area contributed by atoms with Crippen LogP contribution in [0.1, 0.15) is 82.1 Å². The first kappa shape index (κ1) is 24.3. The zero-order chi connectivity index (χ0) is 22.9. The smallest absolute Gasteiger partial charge is 0.303 e. The van der Waals surface area contributed by atoms with Crippen molar-refractivity contribution in [3.05, 3.63) is 34.4 Å². The molecule has 1 unspecified atom stereocenters. The van der Waals surface area contributed by atoms with Gasteiger partial charge in [0, 0.05) is 19.0 Å². The molecule has 0 spiro atoms. The van der Waals surface area contributed by atoms with Crippen LogP contribution in [0.5, 0.6) is 0 Å². The van der Waals surface area contributed by atoms with Crippen molar-refractivity contribution >= 4 is 16.1 Å². The fraction of sp³-hybridized carbons (Fsp3) is 0.636. The second-order valence-corrected chi connectivity index (χ2v) is 10.9. The topological polar surface area (TPSA) is 110 Å². The number of aliphatic hydroxyl groups is 1. The lowest BCUT2D eigenvalue weighted by atomic mass is 9.85. The van der Waals surface area contributed by atoms with Crippen molar-refractivity contribution < 1.29 is 18.3 Å². The van der Waals surface area contributed by atoms with E-state index in [-0.39, 0.29) is 37.3 Å². The molecule has 1 heterocycles. The first-order valence-corrected chi connectivity index (χ1v) is 11.8. The van der Waals surface area contributed by atoms with Gasteiger partial charge >= 0.3 is 10.2 Å². The molecular formula is C22H33N3O4S. The summed E-state index contributed by atoms with van der Waals surface area (Å²) in [6.45, 7) is 11.7. The van der Waals surface area contributed by atoms with Crippen molar-refractivity contribution in [2.24, 2.45) is 5.92 Å². The number of benzene rings is 1. The van der Waals surface area contributed by atoms with Crippen LogP contribution < -0.4 is 4.72 Å². The zero-order valence-corrected chi connectivity index (χ0v) is 19.5. The molecule has 0 aromatic heterocycles. The van der Waals surface area contributed by atoms with Gasteiger partial charge in [0.2, 0.25) is 5.91 Å². The first-order valence-electron chi connectivity index (χ1n) is 10.4. The van der Waals surface area contributed by atoms with Crippen LogP contribution in [-0.2, 0) is 21.4 Å². The highest BCUT2D eigenvalue weighted by Gasteiger charge is 2.39. The van der Waals surface area contributed by atoms with Crippen LogP contribution in [0.15, 0.2) is 12.1 Å². The monoisotopic (exact) mass is 435 g/mol. The third-order valence-corrected chi connectivity index (χ3v) is 7.26. The van der Waals surface area contributed by atoms with Gasteiger partial charge in [-0.3, -0.25) is 4.79 Å². The normalized spacial score (nSPS) is 18.1. The molecule has 0 aliphatic carbocycles. The number of carbonyl (C=O) groups excluding carboxylic acids is 1. The summed E-state index contributed by atoms with van der Waals surface area (Å²) in [6, 6.07) is 5.73. The van der Waals surface area contributed by atoms with Gasteiger partial charge in [-0.15, -0.1) is 0 Å². The van der Waals surface area contributed by atoms with Gasteiger partial charge in [0.05, 0.1) is 23.7 Å². The Labute approximate surface area is 180 Å². The molecule has 1 aliphatic heterocycles. The molecule has 1 saturated heterocycles. The van der Waals surface area contributed by atoms with Crippen LogP contribution >= 0.6 is 0 Å². The summed E-state index contributed by atoms with van der Waals surface area (Å²) in [7, 11) is -3.98. The van der Waals surface area contributed by atoms with Crippen molar-refractivity contribution in [3.8, 4) is 6.07 Å². The molecule has 0 radical (unpaired) electrons. The van der Waals surface area contributed by atoms with E-state index in [0.717, 1.165) is 16.7 Å². The molecule has 30 heavy (non-hydrogen) atoms. The number of amides is 1.